The Morgan fingerprint density at radius 2 is 1.76 bits per heavy atom. The van der Waals surface area contributed by atoms with E-state index in [-0.39, 0.29) is 0 Å². The molecule has 3 aromatic rings. The number of nitrogens with zero attached hydrogens (tertiary/aromatic N) is 1. The molecule has 3 rings (SSSR count). The highest BCUT2D eigenvalue weighted by Gasteiger charge is 2.08. The van der Waals surface area contributed by atoms with Crippen LogP contribution in [0, 0.1) is 6.92 Å². The molecular formula is C21H22N2OS. The van der Waals surface area contributed by atoms with Crippen molar-refractivity contribution in [3.05, 3.63) is 71.8 Å². The molecule has 0 bridgehead atoms. The highest BCUT2D eigenvalue weighted by atomic mass is 32.1. The third kappa shape index (κ3) is 4.09. The second-order valence-electron chi connectivity index (χ2n) is 6.15. The molecule has 0 saturated carbocycles. The normalized spacial score (nSPS) is 10.5. The van der Waals surface area contributed by atoms with Crippen molar-refractivity contribution < 1.29 is 4.74 Å². The van der Waals surface area contributed by atoms with Gasteiger partial charge in [-0.05, 0) is 65.3 Å². The molecule has 25 heavy (non-hydrogen) atoms. The molecule has 3 nitrogen and oxygen atoms in total. The van der Waals surface area contributed by atoms with Crippen LogP contribution in [0.4, 0.5) is 5.69 Å². The fourth-order valence-corrected chi connectivity index (χ4v) is 2.94. The molecule has 1 N–H and O–H groups in total. The smallest absolute Gasteiger partial charge is 0.173 e. The maximum absolute atomic E-state index is 5.54. The molecule has 0 radical (unpaired) electrons. The number of methoxy groups -OCH3 is 1. The Kier molecular flexibility index (Phi) is 5.19. The zero-order valence-corrected chi connectivity index (χ0v) is 15.6. The standard InChI is InChI=1S/C21H22N2OS/c1-15-6-4-5-7-20(15)22-21(25)23(2)14-16-8-9-18-13-19(24-3)11-10-17(18)12-16/h4-13H,14H2,1-3H3,(H,22,25). The Labute approximate surface area is 154 Å². The molecule has 0 aromatic heterocycles. The second-order valence-corrected chi connectivity index (χ2v) is 6.54. The van der Waals surface area contributed by atoms with E-state index in [2.05, 4.69) is 42.6 Å². The minimum atomic E-state index is 0.712. The molecule has 0 aliphatic heterocycles. The first kappa shape index (κ1) is 17.2. The summed E-state index contributed by atoms with van der Waals surface area (Å²) in [5.74, 6) is 0.876. The van der Waals surface area contributed by atoms with Crippen LogP contribution < -0.4 is 10.1 Å². The molecule has 0 fully saturated rings. The largest absolute Gasteiger partial charge is 0.497 e. The lowest BCUT2D eigenvalue weighted by atomic mass is 10.1. The van der Waals surface area contributed by atoms with Gasteiger partial charge in [0.2, 0.25) is 0 Å². The van der Waals surface area contributed by atoms with Gasteiger partial charge in [-0.25, -0.2) is 0 Å². The van der Waals surface area contributed by atoms with Gasteiger partial charge >= 0.3 is 0 Å². The number of rotatable bonds is 4. The van der Waals surface area contributed by atoms with Crippen LogP contribution in [0.15, 0.2) is 60.7 Å². The molecule has 0 aliphatic carbocycles. The van der Waals surface area contributed by atoms with Crippen molar-refractivity contribution in [3.63, 3.8) is 0 Å². The number of para-hydroxylation sites is 1. The first-order chi connectivity index (χ1) is 12.1. The first-order valence-corrected chi connectivity index (χ1v) is 8.62. The summed E-state index contributed by atoms with van der Waals surface area (Å²) >= 11 is 5.54. The van der Waals surface area contributed by atoms with Crippen LogP contribution in [0.3, 0.4) is 0 Å². The predicted molar refractivity (Wildman–Crippen MR) is 109 cm³/mol. The van der Waals surface area contributed by atoms with Gasteiger partial charge in [-0.2, -0.15) is 0 Å². The maximum atomic E-state index is 5.54. The van der Waals surface area contributed by atoms with Gasteiger partial charge in [0.1, 0.15) is 5.75 Å². The van der Waals surface area contributed by atoms with E-state index in [1.165, 1.54) is 21.9 Å². The minimum absolute atomic E-state index is 0.712. The third-order valence-corrected chi connectivity index (χ3v) is 4.68. The average molecular weight is 350 g/mol. The Morgan fingerprint density at radius 3 is 2.52 bits per heavy atom. The van der Waals surface area contributed by atoms with Gasteiger partial charge < -0.3 is 15.0 Å². The van der Waals surface area contributed by atoms with Gasteiger partial charge in [-0.1, -0.05) is 36.4 Å². The topological polar surface area (TPSA) is 24.5 Å². The van der Waals surface area contributed by atoms with E-state index in [0.717, 1.165) is 18.0 Å². The highest BCUT2D eigenvalue weighted by molar-refractivity contribution is 7.80. The second kappa shape index (κ2) is 7.53. The van der Waals surface area contributed by atoms with Crippen molar-refractivity contribution in [2.75, 3.05) is 19.5 Å². The number of anilines is 1. The van der Waals surface area contributed by atoms with Gasteiger partial charge in [0, 0.05) is 19.3 Å². The predicted octanol–water partition coefficient (Wildman–Crippen LogP) is 4.99. The molecular weight excluding hydrogens is 328 g/mol. The van der Waals surface area contributed by atoms with Crippen molar-refractivity contribution in [1.29, 1.82) is 0 Å². The lowest BCUT2D eigenvalue weighted by Gasteiger charge is -2.22. The van der Waals surface area contributed by atoms with Crippen molar-refractivity contribution in [1.82, 2.24) is 4.90 Å². The van der Waals surface area contributed by atoms with E-state index in [0.29, 0.717) is 5.11 Å². The summed E-state index contributed by atoms with van der Waals surface area (Å²) in [4.78, 5) is 2.05. The van der Waals surface area contributed by atoms with Crippen LogP contribution in [0.25, 0.3) is 10.8 Å². The van der Waals surface area contributed by atoms with Crippen LogP contribution in [0.2, 0.25) is 0 Å². The summed E-state index contributed by atoms with van der Waals surface area (Å²) in [5, 5.41) is 6.41. The summed E-state index contributed by atoms with van der Waals surface area (Å²) in [5.41, 5.74) is 3.44. The molecule has 0 saturated heterocycles. The molecule has 0 spiro atoms. The summed E-state index contributed by atoms with van der Waals surface area (Å²) in [6.07, 6.45) is 0. The van der Waals surface area contributed by atoms with E-state index >= 15 is 0 Å². The Balaban J connectivity index is 1.71. The van der Waals surface area contributed by atoms with Crippen molar-refractivity contribution in [2.45, 2.75) is 13.5 Å². The summed E-state index contributed by atoms with van der Waals surface area (Å²) in [6, 6.07) is 20.7. The fraction of sp³-hybridized carbons (Fsp3) is 0.190. The number of thiocarbonyl (C=S) groups is 1. The first-order valence-electron chi connectivity index (χ1n) is 8.21. The Bertz CT molecular complexity index is 907. The van der Waals surface area contributed by atoms with E-state index in [1.54, 1.807) is 7.11 Å². The number of fused-ring (bicyclic) bond motifs is 1. The number of hydrogen-bond acceptors (Lipinski definition) is 2. The third-order valence-electron chi connectivity index (χ3n) is 4.26. The van der Waals surface area contributed by atoms with E-state index in [1.807, 2.05) is 42.3 Å². The van der Waals surface area contributed by atoms with Crippen LogP contribution in [0.1, 0.15) is 11.1 Å². The maximum Gasteiger partial charge on any atom is 0.173 e. The van der Waals surface area contributed by atoms with Crippen LogP contribution in [-0.2, 0) is 6.54 Å². The molecule has 0 amide bonds. The summed E-state index contributed by atoms with van der Waals surface area (Å²) < 4.78 is 5.28. The molecule has 0 unspecified atom stereocenters. The summed E-state index contributed by atoms with van der Waals surface area (Å²) in [6.45, 7) is 2.82. The van der Waals surface area contributed by atoms with Crippen molar-refractivity contribution in [3.8, 4) is 5.75 Å². The molecule has 3 aromatic carbocycles. The monoisotopic (exact) mass is 350 g/mol. The van der Waals surface area contributed by atoms with Crippen LogP contribution >= 0.6 is 12.2 Å². The van der Waals surface area contributed by atoms with E-state index in [4.69, 9.17) is 17.0 Å². The lowest BCUT2D eigenvalue weighted by Crippen LogP contribution is -2.30. The van der Waals surface area contributed by atoms with Gasteiger partial charge in [0.05, 0.1) is 7.11 Å². The molecule has 128 valence electrons. The van der Waals surface area contributed by atoms with E-state index in [9.17, 15) is 0 Å². The number of ether oxygens (including phenoxy) is 1. The molecule has 0 heterocycles. The van der Waals surface area contributed by atoms with Gasteiger partial charge in [-0.15, -0.1) is 0 Å². The number of aryl methyl sites for hydroxylation is 1. The van der Waals surface area contributed by atoms with Crippen LogP contribution in [0.5, 0.6) is 5.75 Å². The lowest BCUT2D eigenvalue weighted by molar-refractivity contribution is 0.415. The zero-order chi connectivity index (χ0) is 17.8. The fourth-order valence-electron chi connectivity index (χ4n) is 2.77. The number of benzene rings is 3. The van der Waals surface area contributed by atoms with Gasteiger partial charge in [0.15, 0.2) is 5.11 Å². The van der Waals surface area contributed by atoms with Crippen LogP contribution in [-0.4, -0.2) is 24.2 Å². The SMILES string of the molecule is COc1ccc2cc(CN(C)C(=S)Nc3ccccc3C)ccc2c1. The number of nitrogens with one attached hydrogen (secondary N) is 1. The number of hydrogen-bond donors (Lipinski definition) is 1. The Hall–Kier alpha value is -2.59. The van der Waals surface area contributed by atoms with E-state index < -0.39 is 0 Å². The van der Waals surface area contributed by atoms with Gasteiger partial charge in [-0.3, -0.25) is 0 Å². The zero-order valence-electron chi connectivity index (χ0n) is 14.7. The molecule has 0 atom stereocenters. The Morgan fingerprint density at radius 1 is 1.04 bits per heavy atom. The van der Waals surface area contributed by atoms with Gasteiger partial charge in [0.25, 0.3) is 0 Å². The van der Waals surface area contributed by atoms with Crippen molar-refractivity contribution >= 4 is 33.8 Å². The molecule has 0 aliphatic rings. The van der Waals surface area contributed by atoms with Crippen molar-refractivity contribution in [2.24, 2.45) is 0 Å². The quantitative estimate of drug-likeness (QED) is 0.670. The molecule has 4 heteroatoms. The average Bonchev–Trinajstić information content (AvgIpc) is 2.63. The summed E-state index contributed by atoms with van der Waals surface area (Å²) in [7, 11) is 3.69. The minimum Gasteiger partial charge on any atom is -0.497 e. The highest BCUT2D eigenvalue weighted by Crippen LogP contribution is 2.22.